The van der Waals surface area contributed by atoms with Crippen molar-refractivity contribution in [3.63, 3.8) is 0 Å². The van der Waals surface area contributed by atoms with Crippen LogP contribution in [0.25, 0.3) is 33.4 Å². The van der Waals surface area contributed by atoms with Gasteiger partial charge in [0.15, 0.2) is 0 Å². The van der Waals surface area contributed by atoms with Gasteiger partial charge in [-0.05, 0) is 18.6 Å². The smallest absolute Gasteiger partial charge is 0.475 e. The standard InChI is InChI=1S/C24H27N7O3.2C2HF3O2/c1-28-12-17(11-25-28)21-18-10-15(4-5-19(18)29(2)27-21)22-20-13-30(24(32)33-3)7-8-31(20)23(26-22)16-6-9-34-14-16;2*3-2(4,5)1(6)7/h4-5,10-12,16H,6-9,13-14H2,1-3H3;2*(H,6,7). The number of carboxylic acid groups (broad SMARTS) is 2. The molecule has 0 bridgehead atoms. The third kappa shape index (κ3) is 7.86. The number of nitrogens with zero attached hydrogens (tertiary/aromatic N) is 7. The molecule has 1 atom stereocenters. The van der Waals surface area contributed by atoms with E-state index in [1.807, 2.05) is 31.2 Å². The first-order chi connectivity index (χ1) is 22.4. The Morgan fingerprint density at radius 2 is 1.62 bits per heavy atom. The molecule has 3 aromatic heterocycles. The lowest BCUT2D eigenvalue weighted by Gasteiger charge is -2.29. The molecule has 0 radical (unpaired) electrons. The summed E-state index contributed by atoms with van der Waals surface area (Å²) in [5.74, 6) is -4.20. The zero-order valence-electron chi connectivity index (χ0n) is 25.5. The Kier molecular flexibility index (Phi) is 10.4. The molecule has 2 aliphatic rings. The summed E-state index contributed by atoms with van der Waals surface area (Å²) < 4.78 is 80.1. The van der Waals surface area contributed by atoms with Crippen LogP contribution in [0.4, 0.5) is 31.1 Å². The monoisotopic (exact) mass is 689 g/mol. The van der Waals surface area contributed by atoms with E-state index in [1.54, 1.807) is 9.58 Å². The number of halogens is 6. The Hall–Kier alpha value is -5.14. The quantitative estimate of drug-likeness (QED) is 0.298. The van der Waals surface area contributed by atoms with E-state index < -0.39 is 24.3 Å². The summed E-state index contributed by atoms with van der Waals surface area (Å²) in [4.78, 5) is 37.0. The van der Waals surface area contributed by atoms with Gasteiger partial charge in [0.05, 0.1) is 43.4 Å². The number of aromatic nitrogens is 6. The molecule has 0 saturated carbocycles. The fraction of sp³-hybridized carbons (Fsp3) is 0.429. The van der Waals surface area contributed by atoms with Crippen molar-refractivity contribution < 1.29 is 60.4 Å². The molecule has 1 amide bonds. The van der Waals surface area contributed by atoms with Crippen LogP contribution in [0.5, 0.6) is 0 Å². The number of carboxylic acids is 2. The predicted molar refractivity (Wildman–Crippen MR) is 153 cm³/mol. The van der Waals surface area contributed by atoms with Crippen molar-refractivity contribution in [1.29, 1.82) is 0 Å². The molecule has 0 spiro atoms. The van der Waals surface area contributed by atoms with E-state index in [2.05, 4.69) is 27.9 Å². The molecule has 14 nitrogen and oxygen atoms in total. The highest BCUT2D eigenvalue weighted by Gasteiger charge is 2.39. The molecule has 1 aromatic carbocycles. The second-order valence-electron chi connectivity index (χ2n) is 10.6. The average Bonchev–Trinajstić information content (AvgIpc) is 3.82. The lowest BCUT2D eigenvalue weighted by Crippen LogP contribution is -2.38. The second-order valence-corrected chi connectivity index (χ2v) is 10.6. The molecule has 6 rings (SSSR count). The molecule has 1 unspecified atom stereocenters. The van der Waals surface area contributed by atoms with Crippen LogP contribution in [0.2, 0.25) is 0 Å². The predicted octanol–water partition coefficient (Wildman–Crippen LogP) is 4.19. The number of aliphatic carboxylic acids is 2. The van der Waals surface area contributed by atoms with E-state index >= 15 is 0 Å². The molecule has 260 valence electrons. The molecule has 1 fully saturated rings. The second kappa shape index (κ2) is 13.9. The number of ether oxygens (including phenoxy) is 2. The SMILES string of the molecule is COC(=O)N1CCn2c(C3CCOC3)nc(-c3ccc4c(c3)c(-c3cnn(C)c3)nn4C)c2C1.O=C(O)C(F)(F)F.O=C(O)C(F)(F)F. The van der Waals surface area contributed by atoms with Gasteiger partial charge in [0.1, 0.15) is 11.5 Å². The van der Waals surface area contributed by atoms with E-state index in [4.69, 9.17) is 39.4 Å². The summed E-state index contributed by atoms with van der Waals surface area (Å²) in [7, 11) is 5.28. The Balaban J connectivity index is 0.000000314. The van der Waals surface area contributed by atoms with Crippen LogP contribution in [-0.4, -0.2) is 101 Å². The van der Waals surface area contributed by atoms with Crippen molar-refractivity contribution in [2.75, 3.05) is 26.9 Å². The van der Waals surface area contributed by atoms with E-state index in [1.165, 1.54) is 7.11 Å². The summed E-state index contributed by atoms with van der Waals surface area (Å²) in [6.07, 6.45) is -5.71. The molecule has 1 saturated heterocycles. The lowest BCUT2D eigenvalue weighted by atomic mass is 10.0. The van der Waals surface area contributed by atoms with Crippen LogP contribution in [0.1, 0.15) is 23.9 Å². The Morgan fingerprint density at radius 3 is 2.15 bits per heavy atom. The van der Waals surface area contributed by atoms with Crippen molar-refractivity contribution in [2.24, 2.45) is 14.1 Å². The number of amides is 1. The summed E-state index contributed by atoms with van der Waals surface area (Å²) in [6.45, 7) is 3.20. The number of rotatable bonds is 3. The number of carbonyl (C=O) groups excluding carboxylic acids is 1. The van der Waals surface area contributed by atoms with Gasteiger partial charge in [-0.15, -0.1) is 0 Å². The summed E-state index contributed by atoms with van der Waals surface area (Å²) in [5, 5.41) is 24.4. The first-order valence-electron chi connectivity index (χ1n) is 14.0. The van der Waals surface area contributed by atoms with Crippen LogP contribution >= 0.6 is 0 Å². The van der Waals surface area contributed by atoms with Crippen LogP contribution < -0.4 is 0 Å². The van der Waals surface area contributed by atoms with Crippen molar-refractivity contribution in [2.45, 2.75) is 37.8 Å². The molecule has 2 N–H and O–H groups in total. The normalized spacial score (nSPS) is 16.0. The van der Waals surface area contributed by atoms with Crippen LogP contribution in [0.15, 0.2) is 30.6 Å². The van der Waals surface area contributed by atoms with Gasteiger partial charge >= 0.3 is 30.4 Å². The highest BCUT2D eigenvalue weighted by atomic mass is 19.4. The average molecular weight is 690 g/mol. The number of fused-ring (bicyclic) bond motifs is 2. The van der Waals surface area contributed by atoms with Gasteiger partial charge in [-0.25, -0.2) is 19.4 Å². The third-order valence-corrected chi connectivity index (χ3v) is 7.35. The molecule has 4 aromatic rings. The number of carbonyl (C=O) groups is 3. The van der Waals surface area contributed by atoms with Gasteiger partial charge in [0.2, 0.25) is 0 Å². The van der Waals surface area contributed by atoms with Gasteiger partial charge in [-0.2, -0.15) is 36.5 Å². The number of benzene rings is 1. The van der Waals surface area contributed by atoms with Gasteiger partial charge < -0.3 is 29.2 Å². The van der Waals surface area contributed by atoms with Crippen LogP contribution in [-0.2, 0) is 46.2 Å². The van der Waals surface area contributed by atoms with Crippen LogP contribution in [0, 0.1) is 0 Å². The first kappa shape index (κ1) is 35.7. The Morgan fingerprint density at radius 1 is 0.979 bits per heavy atom. The Bertz CT molecular complexity index is 1780. The number of hydrogen-bond donors (Lipinski definition) is 2. The van der Waals surface area contributed by atoms with E-state index in [0.717, 1.165) is 58.0 Å². The largest absolute Gasteiger partial charge is 0.490 e. The molecule has 48 heavy (non-hydrogen) atoms. The minimum absolute atomic E-state index is 0.269. The minimum atomic E-state index is -5.08. The topological polar surface area (TPSA) is 167 Å². The summed E-state index contributed by atoms with van der Waals surface area (Å²) in [6, 6.07) is 6.33. The maximum atomic E-state index is 12.3. The maximum absolute atomic E-state index is 12.3. The zero-order chi connectivity index (χ0) is 35.6. The molecule has 20 heteroatoms. The molecule has 0 aliphatic carbocycles. The number of methoxy groups -OCH3 is 1. The number of alkyl halides is 6. The molecular weight excluding hydrogens is 660 g/mol. The maximum Gasteiger partial charge on any atom is 0.490 e. The molecule has 5 heterocycles. The summed E-state index contributed by atoms with van der Waals surface area (Å²) >= 11 is 0. The zero-order valence-corrected chi connectivity index (χ0v) is 25.5. The Labute approximate surface area is 267 Å². The van der Waals surface area contributed by atoms with Gasteiger partial charge in [-0.3, -0.25) is 9.36 Å². The first-order valence-corrected chi connectivity index (χ1v) is 14.0. The number of imidazole rings is 1. The highest BCUT2D eigenvalue weighted by Crippen LogP contribution is 2.36. The van der Waals surface area contributed by atoms with Crippen molar-refractivity contribution in [1.82, 2.24) is 34.0 Å². The minimum Gasteiger partial charge on any atom is -0.475 e. The summed E-state index contributed by atoms with van der Waals surface area (Å²) in [5.41, 5.74) is 5.84. The fourth-order valence-corrected chi connectivity index (χ4v) is 5.13. The lowest BCUT2D eigenvalue weighted by molar-refractivity contribution is -0.193. The van der Waals surface area contributed by atoms with Crippen LogP contribution in [0.3, 0.4) is 0 Å². The molecular formula is C28H29F6N7O7. The van der Waals surface area contributed by atoms with Gasteiger partial charge in [0.25, 0.3) is 0 Å². The van der Waals surface area contributed by atoms with Gasteiger partial charge in [0, 0.05) is 62.4 Å². The van der Waals surface area contributed by atoms with Crippen molar-refractivity contribution in [3.8, 4) is 22.5 Å². The van der Waals surface area contributed by atoms with Crippen molar-refractivity contribution >= 4 is 28.9 Å². The number of aryl methyl sites for hydroxylation is 2. The van der Waals surface area contributed by atoms with E-state index in [-0.39, 0.29) is 12.0 Å². The number of hydrogen-bond acceptors (Lipinski definition) is 8. The highest BCUT2D eigenvalue weighted by molar-refractivity contribution is 5.95. The van der Waals surface area contributed by atoms with E-state index in [9.17, 15) is 31.1 Å². The van der Waals surface area contributed by atoms with Crippen molar-refractivity contribution in [3.05, 3.63) is 42.1 Å². The fourth-order valence-electron chi connectivity index (χ4n) is 5.13. The van der Waals surface area contributed by atoms with Gasteiger partial charge in [-0.1, -0.05) is 6.07 Å². The third-order valence-electron chi connectivity index (χ3n) is 7.35. The van der Waals surface area contributed by atoms with E-state index in [0.29, 0.717) is 26.2 Å². The molecule has 2 aliphatic heterocycles.